The second-order valence-corrected chi connectivity index (χ2v) is 4.65. The number of rotatable bonds is 5. The van der Waals surface area contributed by atoms with E-state index in [-0.39, 0.29) is 11.9 Å². The molecule has 0 fully saturated rings. The van der Waals surface area contributed by atoms with E-state index in [9.17, 15) is 4.79 Å². The summed E-state index contributed by atoms with van der Waals surface area (Å²) in [6.45, 7) is 2.38. The Labute approximate surface area is 118 Å². The van der Waals surface area contributed by atoms with Gasteiger partial charge < -0.3 is 10.6 Å². The molecule has 1 atom stereocenters. The number of hydrogen-bond donors (Lipinski definition) is 1. The molecule has 1 unspecified atom stereocenters. The minimum absolute atomic E-state index is 0.0128. The third kappa shape index (κ3) is 3.03. The Bertz CT molecular complexity index is 549. The van der Waals surface area contributed by atoms with Crippen LogP contribution in [0.2, 0.25) is 0 Å². The van der Waals surface area contributed by atoms with Crippen molar-refractivity contribution in [2.75, 3.05) is 13.6 Å². The van der Waals surface area contributed by atoms with Gasteiger partial charge in [0.1, 0.15) is 12.7 Å². The molecule has 1 aromatic carbocycles. The normalized spacial score (nSPS) is 12.2. The van der Waals surface area contributed by atoms with E-state index in [1.54, 1.807) is 23.0 Å². The molecule has 2 rings (SSSR count). The number of nitrogens with two attached hydrogens (primary N) is 1. The average molecular weight is 273 g/mol. The van der Waals surface area contributed by atoms with E-state index in [4.69, 9.17) is 5.73 Å². The lowest BCUT2D eigenvalue weighted by Gasteiger charge is -2.25. The molecule has 0 bridgehead atoms. The first kappa shape index (κ1) is 14.2. The largest absolute Gasteiger partial charge is 0.339 e. The summed E-state index contributed by atoms with van der Waals surface area (Å²) in [5, 5.41) is 4.08. The SMILES string of the molecule is CC(c1ccc(-n2cncn2)cc1)N(C)C(=O)CCN. The second-order valence-electron chi connectivity index (χ2n) is 4.65. The van der Waals surface area contributed by atoms with E-state index in [0.29, 0.717) is 13.0 Å². The van der Waals surface area contributed by atoms with Crippen LogP contribution in [0.4, 0.5) is 0 Å². The smallest absolute Gasteiger partial charge is 0.224 e. The van der Waals surface area contributed by atoms with Crippen molar-refractivity contribution in [2.24, 2.45) is 5.73 Å². The zero-order valence-electron chi connectivity index (χ0n) is 11.7. The van der Waals surface area contributed by atoms with Crippen molar-refractivity contribution in [2.45, 2.75) is 19.4 Å². The van der Waals surface area contributed by atoms with Crippen LogP contribution in [0.5, 0.6) is 0 Å². The van der Waals surface area contributed by atoms with Crippen LogP contribution in [0.25, 0.3) is 5.69 Å². The van der Waals surface area contributed by atoms with E-state index < -0.39 is 0 Å². The van der Waals surface area contributed by atoms with Crippen molar-refractivity contribution in [3.05, 3.63) is 42.5 Å². The van der Waals surface area contributed by atoms with Gasteiger partial charge in [-0.15, -0.1) is 0 Å². The molecule has 106 valence electrons. The van der Waals surface area contributed by atoms with Crippen LogP contribution >= 0.6 is 0 Å². The highest BCUT2D eigenvalue weighted by Gasteiger charge is 2.16. The molecule has 1 aromatic heterocycles. The Morgan fingerprint density at radius 2 is 2.10 bits per heavy atom. The maximum absolute atomic E-state index is 11.8. The molecular weight excluding hydrogens is 254 g/mol. The van der Waals surface area contributed by atoms with Crippen LogP contribution in [-0.2, 0) is 4.79 Å². The van der Waals surface area contributed by atoms with Gasteiger partial charge in [-0.1, -0.05) is 12.1 Å². The van der Waals surface area contributed by atoms with E-state index >= 15 is 0 Å². The van der Waals surface area contributed by atoms with Gasteiger partial charge in [0.2, 0.25) is 5.91 Å². The topological polar surface area (TPSA) is 77.0 Å². The van der Waals surface area contributed by atoms with Crippen LogP contribution in [0.15, 0.2) is 36.9 Å². The van der Waals surface area contributed by atoms with Crippen molar-refractivity contribution in [1.29, 1.82) is 0 Å². The number of carbonyl (C=O) groups excluding carboxylic acids is 1. The molecule has 6 heteroatoms. The number of nitrogens with zero attached hydrogens (tertiary/aromatic N) is 4. The Morgan fingerprint density at radius 3 is 2.65 bits per heavy atom. The molecule has 0 radical (unpaired) electrons. The van der Waals surface area contributed by atoms with Gasteiger partial charge in [-0.25, -0.2) is 9.67 Å². The maximum atomic E-state index is 11.8. The monoisotopic (exact) mass is 273 g/mol. The Kier molecular flexibility index (Phi) is 4.47. The minimum atomic E-state index is 0.0128. The lowest BCUT2D eigenvalue weighted by Crippen LogP contribution is -2.31. The molecule has 1 heterocycles. The number of hydrogen-bond acceptors (Lipinski definition) is 4. The van der Waals surface area contributed by atoms with Gasteiger partial charge in [-0.2, -0.15) is 5.10 Å². The van der Waals surface area contributed by atoms with E-state index in [2.05, 4.69) is 10.1 Å². The molecule has 0 aliphatic carbocycles. The van der Waals surface area contributed by atoms with Crippen LogP contribution in [-0.4, -0.2) is 39.2 Å². The summed E-state index contributed by atoms with van der Waals surface area (Å²) in [6, 6.07) is 7.92. The third-order valence-electron chi connectivity index (χ3n) is 3.39. The van der Waals surface area contributed by atoms with Gasteiger partial charge in [-0.05, 0) is 24.6 Å². The summed E-state index contributed by atoms with van der Waals surface area (Å²) < 4.78 is 1.69. The van der Waals surface area contributed by atoms with Crippen LogP contribution in [0.3, 0.4) is 0 Å². The fourth-order valence-corrected chi connectivity index (χ4v) is 1.99. The van der Waals surface area contributed by atoms with Gasteiger partial charge in [0.15, 0.2) is 0 Å². The molecule has 0 aliphatic heterocycles. The molecular formula is C14H19N5O. The standard InChI is InChI=1S/C14H19N5O/c1-11(18(2)14(20)7-8-15)12-3-5-13(6-4-12)19-10-16-9-17-19/h3-6,9-11H,7-8,15H2,1-2H3. The highest BCUT2D eigenvalue weighted by Crippen LogP contribution is 2.20. The van der Waals surface area contributed by atoms with Crippen LogP contribution < -0.4 is 5.73 Å². The average Bonchev–Trinajstić information content (AvgIpc) is 3.00. The summed E-state index contributed by atoms with van der Waals surface area (Å²) in [7, 11) is 1.80. The van der Waals surface area contributed by atoms with E-state index in [0.717, 1.165) is 11.3 Å². The molecule has 2 N–H and O–H groups in total. The van der Waals surface area contributed by atoms with Crippen molar-refractivity contribution in [3.63, 3.8) is 0 Å². The second kappa shape index (κ2) is 6.29. The Morgan fingerprint density at radius 1 is 1.40 bits per heavy atom. The van der Waals surface area contributed by atoms with Gasteiger partial charge in [0.25, 0.3) is 0 Å². The number of carbonyl (C=O) groups is 1. The Balaban J connectivity index is 2.11. The highest BCUT2D eigenvalue weighted by molar-refractivity contribution is 5.76. The fourth-order valence-electron chi connectivity index (χ4n) is 1.99. The fraction of sp³-hybridized carbons (Fsp3) is 0.357. The summed E-state index contributed by atoms with van der Waals surface area (Å²) in [5.41, 5.74) is 7.43. The van der Waals surface area contributed by atoms with Gasteiger partial charge in [0.05, 0.1) is 11.7 Å². The van der Waals surface area contributed by atoms with Gasteiger partial charge in [-0.3, -0.25) is 4.79 Å². The lowest BCUT2D eigenvalue weighted by molar-refractivity contribution is -0.131. The summed E-state index contributed by atoms with van der Waals surface area (Å²) >= 11 is 0. The number of aromatic nitrogens is 3. The predicted octanol–water partition coefficient (Wildman–Crippen LogP) is 1.14. The molecule has 1 amide bonds. The number of amides is 1. The molecule has 2 aromatic rings. The molecule has 0 aliphatic rings. The molecule has 20 heavy (non-hydrogen) atoms. The third-order valence-corrected chi connectivity index (χ3v) is 3.39. The molecule has 0 saturated carbocycles. The first-order valence-electron chi connectivity index (χ1n) is 6.54. The zero-order chi connectivity index (χ0) is 14.5. The lowest BCUT2D eigenvalue weighted by atomic mass is 10.1. The number of benzene rings is 1. The first-order chi connectivity index (χ1) is 9.63. The van der Waals surface area contributed by atoms with E-state index in [1.165, 1.54) is 6.33 Å². The van der Waals surface area contributed by atoms with Gasteiger partial charge in [0, 0.05) is 20.0 Å². The van der Waals surface area contributed by atoms with E-state index in [1.807, 2.05) is 31.2 Å². The molecule has 6 nitrogen and oxygen atoms in total. The van der Waals surface area contributed by atoms with Crippen LogP contribution in [0, 0.1) is 0 Å². The van der Waals surface area contributed by atoms with Crippen molar-refractivity contribution < 1.29 is 4.79 Å². The molecule has 0 saturated heterocycles. The van der Waals surface area contributed by atoms with Gasteiger partial charge >= 0.3 is 0 Å². The summed E-state index contributed by atoms with van der Waals surface area (Å²) in [4.78, 5) is 17.5. The van der Waals surface area contributed by atoms with Crippen molar-refractivity contribution in [3.8, 4) is 5.69 Å². The van der Waals surface area contributed by atoms with Crippen molar-refractivity contribution in [1.82, 2.24) is 19.7 Å². The highest BCUT2D eigenvalue weighted by atomic mass is 16.2. The summed E-state index contributed by atoms with van der Waals surface area (Å²) in [6.07, 6.45) is 3.52. The Hall–Kier alpha value is -2.21. The van der Waals surface area contributed by atoms with Crippen molar-refractivity contribution >= 4 is 5.91 Å². The molecule has 0 spiro atoms. The summed E-state index contributed by atoms with van der Waals surface area (Å²) in [5.74, 6) is 0.0559. The quantitative estimate of drug-likeness (QED) is 0.886. The van der Waals surface area contributed by atoms with Crippen LogP contribution in [0.1, 0.15) is 24.9 Å². The predicted molar refractivity (Wildman–Crippen MR) is 76.2 cm³/mol. The zero-order valence-corrected chi connectivity index (χ0v) is 11.7. The first-order valence-corrected chi connectivity index (χ1v) is 6.54. The maximum Gasteiger partial charge on any atom is 0.224 e. The minimum Gasteiger partial charge on any atom is -0.339 e.